The van der Waals surface area contributed by atoms with Gasteiger partial charge in [-0.05, 0) is 25.0 Å². The number of anilines is 1. The van der Waals surface area contributed by atoms with Gasteiger partial charge in [-0.3, -0.25) is 4.79 Å². The summed E-state index contributed by atoms with van der Waals surface area (Å²) in [5.41, 5.74) is 2.50. The summed E-state index contributed by atoms with van der Waals surface area (Å²) < 4.78 is 1.92. The lowest BCUT2D eigenvalue weighted by Gasteiger charge is -2.07. The van der Waals surface area contributed by atoms with Crippen molar-refractivity contribution in [3.63, 3.8) is 0 Å². The van der Waals surface area contributed by atoms with E-state index in [2.05, 4.69) is 10.3 Å². The summed E-state index contributed by atoms with van der Waals surface area (Å²) in [6.45, 7) is 5.99. The van der Waals surface area contributed by atoms with Crippen LogP contribution in [0.1, 0.15) is 26.0 Å². The number of hydrogen-bond acceptors (Lipinski definition) is 2. The predicted molar refractivity (Wildman–Crippen MR) is 68.0 cm³/mol. The molecule has 0 saturated carbocycles. The van der Waals surface area contributed by atoms with Gasteiger partial charge >= 0.3 is 0 Å². The van der Waals surface area contributed by atoms with Gasteiger partial charge < -0.3 is 9.72 Å². The quantitative estimate of drug-likeness (QED) is 0.882. The van der Waals surface area contributed by atoms with E-state index in [1.54, 1.807) is 0 Å². The molecule has 0 aliphatic carbocycles. The van der Waals surface area contributed by atoms with Crippen LogP contribution in [0, 0.1) is 12.8 Å². The summed E-state index contributed by atoms with van der Waals surface area (Å²) in [5.74, 6) is 0.393. The summed E-state index contributed by atoms with van der Waals surface area (Å²) >= 11 is 0. The number of fused-ring (bicyclic) bond motifs is 1. The Morgan fingerprint density at radius 2 is 2.29 bits per heavy atom. The van der Waals surface area contributed by atoms with E-state index in [1.165, 1.54) is 0 Å². The lowest BCUT2D eigenvalue weighted by atomic mass is 10.1. The molecule has 1 N–H and O–H groups in total. The van der Waals surface area contributed by atoms with Crippen LogP contribution in [0.15, 0.2) is 24.5 Å². The fourth-order valence-electron chi connectivity index (χ4n) is 1.81. The van der Waals surface area contributed by atoms with Gasteiger partial charge in [-0.15, -0.1) is 0 Å². The minimum atomic E-state index is 0.0359. The molecule has 0 fully saturated rings. The molecule has 0 aliphatic rings. The highest BCUT2D eigenvalue weighted by molar-refractivity contribution is 5.94. The first-order chi connectivity index (χ1) is 8.06. The first-order valence-corrected chi connectivity index (χ1v) is 5.80. The van der Waals surface area contributed by atoms with E-state index in [4.69, 9.17) is 0 Å². The second kappa shape index (κ2) is 4.57. The van der Waals surface area contributed by atoms with Gasteiger partial charge in [0.25, 0.3) is 0 Å². The molecule has 0 unspecified atom stereocenters. The lowest BCUT2D eigenvalue weighted by Crippen LogP contribution is -2.14. The maximum Gasteiger partial charge on any atom is 0.224 e. The molecule has 0 aliphatic heterocycles. The van der Waals surface area contributed by atoms with Crippen LogP contribution in [-0.2, 0) is 4.79 Å². The summed E-state index contributed by atoms with van der Waals surface area (Å²) in [6, 6.07) is 3.78. The number of rotatable bonds is 3. The van der Waals surface area contributed by atoms with Crippen LogP contribution in [0.25, 0.3) is 5.65 Å². The first-order valence-electron chi connectivity index (χ1n) is 5.80. The average Bonchev–Trinajstić information content (AvgIpc) is 2.58. The summed E-state index contributed by atoms with van der Waals surface area (Å²) in [5, 5.41) is 2.91. The number of nitrogens with zero attached hydrogens (tertiary/aromatic N) is 2. The molecule has 17 heavy (non-hydrogen) atoms. The summed E-state index contributed by atoms with van der Waals surface area (Å²) in [6.07, 6.45) is 4.39. The van der Waals surface area contributed by atoms with E-state index < -0.39 is 0 Å². The molecular formula is C13H17N3O. The van der Waals surface area contributed by atoms with E-state index >= 15 is 0 Å². The average molecular weight is 231 g/mol. The SMILES string of the molecule is Cc1cn2cccc(NC(=O)CC(C)C)c2n1. The minimum absolute atomic E-state index is 0.0359. The molecule has 4 nitrogen and oxygen atoms in total. The number of carbonyl (C=O) groups excluding carboxylic acids is 1. The molecule has 90 valence electrons. The van der Waals surface area contributed by atoms with Gasteiger partial charge in [0.05, 0.1) is 11.4 Å². The number of hydrogen-bond donors (Lipinski definition) is 1. The third-order valence-electron chi connectivity index (χ3n) is 2.47. The van der Waals surface area contributed by atoms with Crippen LogP contribution in [0.4, 0.5) is 5.69 Å². The number of amides is 1. The maximum absolute atomic E-state index is 11.7. The molecule has 0 aromatic carbocycles. The van der Waals surface area contributed by atoms with Gasteiger partial charge in [-0.25, -0.2) is 4.98 Å². The Morgan fingerprint density at radius 1 is 1.53 bits per heavy atom. The fourth-order valence-corrected chi connectivity index (χ4v) is 1.81. The molecule has 4 heteroatoms. The normalized spacial score (nSPS) is 11.1. The molecule has 2 rings (SSSR count). The fraction of sp³-hybridized carbons (Fsp3) is 0.385. The topological polar surface area (TPSA) is 46.4 Å². The highest BCUT2D eigenvalue weighted by atomic mass is 16.1. The van der Waals surface area contributed by atoms with Gasteiger partial charge in [-0.1, -0.05) is 13.8 Å². The summed E-state index contributed by atoms with van der Waals surface area (Å²) in [7, 11) is 0. The van der Waals surface area contributed by atoms with Crippen molar-refractivity contribution in [1.82, 2.24) is 9.38 Å². The molecule has 2 aromatic heterocycles. The number of aromatic nitrogens is 2. The Balaban J connectivity index is 2.26. The van der Waals surface area contributed by atoms with Crippen LogP contribution in [0.5, 0.6) is 0 Å². The van der Waals surface area contributed by atoms with Crippen molar-refractivity contribution in [1.29, 1.82) is 0 Å². The van der Waals surface area contributed by atoms with Crippen molar-refractivity contribution in [2.45, 2.75) is 27.2 Å². The van der Waals surface area contributed by atoms with Gasteiger partial charge in [0.2, 0.25) is 5.91 Å². The molecule has 1 amide bonds. The Labute approximate surface area is 101 Å². The zero-order chi connectivity index (χ0) is 12.4. The van der Waals surface area contributed by atoms with Crippen LogP contribution < -0.4 is 5.32 Å². The zero-order valence-corrected chi connectivity index (χ0v) is 10.4. The Bertz CT molecular complexity index is 543. The van der Waals surface area contributed by atoms with Gasteiger partial charge in [0.15, 0.2) is 5.65 Å². The van der Waals surface area contributed by atoms with Crippen molar-refractivity contribution in [2.24, 2.45) is 5.92 Å². The van der Waals surface area contributed by atoms with Crippen molar-refractivity contribution < 1.29 is 4.79 Å². The van der Waals surface area contributed by atoms with E-state index in [1.807, 2.05) is 49.7 Å². The highest BCUT2D eigenvalue weighted by Gasteiger charge is 2.09. The molecule has 0 spiro atoms. The number of aryl methyl sites for hydroxylation is 1. The molecule has 2 heterocycles. The minimum Gasteiger partial charge on any atom is -0.323 e. The van der Waals surface area contributed by atoms with E-state index in [0.29, 0.717) is 12.3 Å². The van der Waals surface area contributed by atoms with Crippen LogP contribution in [0.3, 0.4) is 0 Å². The molecule has 2 aromatic rings. The highest BCUT2D eigenvalue weighted by Crippen LogP contribution is 2.16. The van der Waals surface area contributed by atoms with E-state index in [0.717, 1.165) is 17.0 Å². The molecule has 0 atom stereocenters. The monoisotopic (exact) mass is 231 g/mol. The van der Waals surface area contributed by atoms with Crippen LogP contribution >= 0.6 is 0 Å². The van der Waals surface area contributed by atoms with Crippen molar-refractivity contribution in [3.8, 4) is 0 Å². The Kier molecular flexibility index (Phi) is 3.13. The summed E-state index contributed by atoms with van der Waals surface area (Å²) in [4.78, 5) is 16.1. The smallest absolute Gasteiger partial charge is 0.224 e. The number of nitrogens with one attached hydrogen (secondary N) is 1. The predicted octanol–water partition coefficient (Wildman–Crippen LogP) is 2.63. The second-order valence-corrected chi connectivity index (χ2v) is 4.68. The Hall–Kier alpha value is -1.84. The number of pyridine rings is 1. The largest absolute Gasteiger partial charge is 0.323 e. The Morgan fingerprint density at radius 3 is 3.00 bits per heavy atom. The number of imidazole rings is 1. The van der Waals surface area contributed by atoms with E-state index in [9.17, 15) is 4.79 Å². The van der Waals surface area contributed by atoms with Crippen molar-refractivity contribution >= 4 is 17.2 Å². The molecule has 0 radical (unpaired) electrons. The van der Waals surface area contributed by atoms with Crippen molar-refractivity contribution in [3.05, 3.63) is 30.2 Å². The van der Waals surface area contributed by atoms with Gasteiger partial charge in [0.1, 0.15) is 0 Å². The van der Waals surface area contributed by atoms with Crippen molar-refractivity contribution in [2.75, 3.05) is 5.32 Å². The van der Waals surface area contributed by atoms with Crippen LogP contribution in [-0.4, -0.2) is 15.3 Å². The maximum atomic E-state index is 11.7. The lowest BCUT2D eigenvalue weighted by molar-refractivity contribution is -0.116. The first kappa shape index (κ1) is 11.6. The number of carbonyl (C=O) groups is 1. The standard InChI is InChI=1S/C13H17N3O/c1-9(2)7-12(17)15-11-5-4-6-16-8-10(3)14-13(11)16/h4-6,8-9H,7H2,1-3H3,(H,15,17). The van der Waals surface area contributed by atoms with Gasteiger partial charge in [-0.2, -0.15) is 0 Å². The molecule has 0 saturated heterocycles. The molecule has 0 bridgehead atoms. The zero-order valence-electron chi connectivity index (χ0n) is 10.4. The second-order valence-electron chi connectivity index (χ2n) is 4.68. The van der Waals surface area contributed by atoms with Gasteiger partial charge in [0, 0.05) is 18.8 Å². The third kappa shape index (κ3) is 2.64. The third-order valence-corrected chi connectivity index (χ3v) is 2.47. The molecular weight excluding hydrogens is 214 g/mol. The van der Waals surface area contributed by atoms with E-state index in [-0.39, 0.29) is 5.91 Å². The van der Waals surface area contributed by atoms with Crippen LogP contribution in [0.2, 0.25) is 0 Å².